The molecule has 0 unspecified atom stereocenters. The third-order valence-electron chi connectivity index (χ3n) is 3.35. The van der Waals surface area contributed by atoms with E-state index in [1.807, 2.05) is 6.07 Å². The Bertz CT molecular complexity index is 633. The predicted molar refractivity (Wildman–Crippen MR) is 83.2 cm³/mol. The summed E-state index contributed by atoms with van der Waals surface area (Å²) >= 11 is 6.13. The Morgan fingerprint density at radius 1 is 1.20 bits per heavy atom. The van der Waals surface area contributed by atoms with Crippen molar-refractivity contribution in [3.8, 4) is 0 Å². The first-order valence-electron chi connectivity index (χ1n) is 6.37. The lowest BCUT2D eigenvalue weighted by molar-refractivity contribution is 0.100. The Hall–Kier alpha value is -2.00. The van der Waals surface area contributed by atoms with E-state index in [0.717, 1.165) is 0 Å². The molecule has 0 aromatic heterocycles. The highest BCUT2D eigenvalue weighted by Gasteiger charge is 2.07. The van der Waals surface area contributed by atoms with E-state index < -0.39 is 5.91 Å². The maximum atomic E-state index is 11.2. The van der Waals surface area contributed by atoms with E-state index in [9.17, 15) is 4.79 Å². The third kappa shape index (κ3) is 3.11. The predicted octanol–water partition coefficient (Wildman–Crippen LogP) is 3.67. The van der Waals surface area contributed by atoms with E-state index >= 15 is 0 Å². The number of amides is 1. The first kappa shape index (κ1) is 14.4. The molecule has 0 spiro atoms. The number of primary amides is 1. The van der Waals surface area contributed by atoms with Gasteiger partial charge in [0.1, 0.15) is 0 Å². The van der Waals surface area contributed by atoms with Gasteiger partial charge in [0, 0.05) is 12.1 Å². The van der Waals surface area contributed by atoms with Crippen LogP contribution in [0.3, 0.4) is 0 Å². The maximum Gasteiger partial charge on any atom is 0.248 e. The van der Waals surface area contributed by atoms with Crippen molar-refractivity contribution < 1.29 is 4.79 Å². The number of carbonyl (C=O) groups is 1. The molecule has 0 aliphatic carbocycles. The second-order valence-corrected chi connectivity index (χ2v) is 5.19. The van der Waals surface area contributed by atoms with Gasteiger partial charge in [-0.15, -0.1) is 0 Å². The van der Waals surface area contributed by atoms with E-state index in [0.29, 0.717) is 22.8 Å². The maximum absolute atomic E-state index is 11.2. The molecule has 0 heterocycles. The van der Waals surface area contributed by atoms with Crippen LogP contribution < -0.4 is 11.1 Å². The quantitative estimate of drug-likeness (QED) is 0.902. The fraction of sp³-hybridized carbons (Fsp3) is 0.188. The summed E-state index contributed by atoms with van der Waals surface area (Å²) in [5.41, 5.74) is 10.1. The van der Waals surface area contributed by atoms with Crippen LogP contribution in [0, 0.1) is 13.8 Å². The fourth-order valence-corrected chi connectivity index (χ4v) is 2.31. The normalized spacial score (nSPS) is 10.3. The molecule has 0 saturated heterocycles. The van der Waals surface area contributed by atoms with Crippen molar-refractivity contribution in [3.05, 3.63) is 63.7 Å². The number of anilines is 1. The topological polar surface area (TPSA) is 55.1 Å². The van der Waals surface area contributed by atoms with Crippen LogP contribution >= 0.6 is 11.6 Å². The van der Waals surface area contributed by atoms with Gasteiger partial charge in [-0.25, -0.2) is 0 Å². The minimum atomic E-state index is -0.461. The minimum Gasteiger partial charge on any atom is -0.380 e. The highest BCUT2D eigenvalue weighted by molar-refractivity contribution is 6.33. The largest absolute Gasteiger partial charge is 0.380 e. The number of nitrogens with two attached hydrogens (primary N) is 1. The van der Waals surface area contributed by atoms with Crippen LogP contribution in [0.1, 0.15) is 27.0 Å². The van der Waals surface area contributed by atoms with Crippen LogP contribution in [0.5, 0.6) is 0 Å². The van der Waals surface area contributed by atoms with Crippen molar-refractivity contribution in [3.63, 3.8) is 0 Å². The Kier molecular flexibility index (Phi) is 4.30. The Balaban J connectivity index is 2.23. The third-order valence-corrected chi connectivity index (χ3v) is 3.68. The molecule has 1 amide bonds. The molecule has 0 fully saturated rings. The first-order chi connectivity index (χ1) is 9.49. The second-order valence-electron chi connectivity index (χ2n) is 4.78. The first-order valence-corrected chi connectivity index (χ1v) is 6.75. The molecule has 104 valence electrons. The molecule has 0 aliphatic rings. The number of hydrogen-bond donors (Lipinski definition) is 2. The zero-order chi connectivity index (χ0) is 14.7. The highest BCUT2D eigenvalue weighted by Crippen LogP contribution is 2.24. The molecular formula is C16H17ClN2O. The number of hydrogen-bond acceptors (Lipinski definition) is 2. The van der Waals surface area contributed by atoms with Crippen molar-refractivity contribution in [1.29, 1.82) is 0 Å². The SMILES string of the molecule is Cc1cccc(C)c1CNc1cc(C(N)=O)ccc1Cl. The molecule has 2 rings (SSSR count). The van der Waals surface area contributed by atoms with Crippen molar-refractivity contribution in [2.24, 2.45) is 5.73 Å². The van der Waals surface area contributed by atoms with Crippen LogP contribution in [-0.4, -0.2) is 5.91 Å². The molecule has 0 aliphatic heterocycles. The second kappa shape index (κ2) is 5.97. The van der Waals surface area contributed by atoms with Crippen LogP contribution in [0.25, 0.3) is 0 Å². The minimum absolute atomic E-state index is 0.443. The Labute approximate surface area is 123 Å². The molecule has 2 aromatic rings. The van der Waals surface area contributed by atoms with E-state index in [2.05, 4.69) is 31.3 Å². The Morgan fingerprint density at radius 3 is 2.45 bits per heavy atom. The average molecular weight is 289 g/mol. The van der Waals surface area contributed by atoms with E-state index in [4.69, 9.17) is 17.3 Å². The van der Waals surface area contributed by atoms with E-state index in [1.54, 1.807) is 18.2 Å². The zero-order valence-corrected chi connectivity index (χ0v) is 12.3. The van der Waals surface area contributed by atoms with Crippen LogP contribution in [0.4, 0.5) is 5.69 Å². The lowest BCUT2D eigenvalue weighted by Crippen LogP contribution is -2.11. The van der Waals surface area contributed by atoms with Gasteiger partial charge in [-0.2, -0.15) is 0 Å². The van der Waals surface area contributed by atoms with Crippen molar-refractivity contribution in [1.82, 2.24) is 0 Å². The van der Waals surface area contributed by atoms with Crippen LogP contribution in [0.2, 0.25) is 5.02 Å². The summed E-state index contributed by atoms with van der Waals surface area (Å²) in [6.45, 7) is 4.80. The molecular weight excluding hydrogens is 272 g/mol. The summed E-state index contributed by atoms with van der Waals surface area (Å²) in [6.07, 6.45) is 0. The molecule has 3 nitrogen and oxygen atoms in total. The molecule has 4 heteroatoms. The van der Waals surface area contributed by atoms with Gasteiger partial charge < -0.3 is 11.1 Å². The molecule has 20 heavy (non-hydrogen) atoms. The number of halogens is 1. The lowest BCUT2D eigenvalue weighted by Gasteiger charge is -2.13. The number of rotatable bonds is 4. The van der Waals surface area contributed by atoms with Crippen LogP contribution in [0.15, 0.2) is 36.4 Å². The van der Waals surface area contributed by atoms with Gasteiger partial charge in [-0.3, -0.25) is 4.79 Å². The van der Waals surface area contributed by atoms with Gasteiger partial charge in [0.15, 0.2) is 0 Å². The van der Waals surface area contributed by atoms with Gasteiger partial charge >= 0.3 is 0 Å². The summed E-state index contributed by atoms with van der Waals surface area (Å²) in [4.78, 5) is 11.2. The molecule has 3 N–H and O–H groups in total. The Morgan fingerprint density at radius 2 is 1.85 bits per heavy atom. The van der Waals surface area contributed by atoms with Gasteiger partial charge in [-0.1, -0.05) is 29.8 Å². The van der Waals surface area contributed by atoms with Crippen molar-refractivity contribution in [2.45, 2.75) is 20.4 Å². The number of benzene rings is 2. The van der Waals surface area contributed by atoms with Gasteiger partial charge in [0.05, 0.1) is 10.7 Å². The fourth-order valence-electron chi connectivity index (χ4n) is 2.13. The smallest absolute Gasteiger partial charge is 0.248 e. The average Bonchev–Trinajstić information content (AvgIpc) is 2.39. The summed E-state index contributed by atoms with van der Waals surface area (Å²) in [5.74, 6) is -0.461. The summed E-state index contributed by atoms with van der Waals surface area (Å²) in [7, 11) is 0. The lowest BCUT2D eigenvalue weighted by atomic mass is 10.0. The number of carbonyl (C=O) groups excluding carboxylic acids is 1. The number of nitrogens with one attached hydrogen (secondary N) is 1. The van der Waals surface area contributed by atoms with Crippen LogP contribution in [-0.2, 0) is 6.54 Å². The summed E-state index contributed by atoms with van der Waals surface area (Å²) in [5, 5.41) is 3.84. The molecule has 2 aromatic carbocycles. The van der Waals surface area contributed by atoms with Gasteiger partial charge in [0.2, 0.25) is 5.91 Å². The van der Waals surface area contributed by atoms with Gasteiger partial charge in [0.25, 0.3) is 0 Å². The molecule has 0 atom stereocenters. The highest BCUT2D eigenvalue weighted by atomic mass is 35.5. The van der Waals surface area contributed by atoms with Crippen molar-refractivity contribution >= 4 is 23.2 Å². The monoisotopic (exact) mass is 288 g/mol. The zero-order valence-electron chi connectivity index (χ0n) is 11.5. The van der Waals surface area contributed by atoms with Gasteiger partial charge in [-0.05, 0) is 48.7 Å². The summed E-state index contributed by atoms with van der Waals surface area (Å²) in [6, 6.07) is 11.2. The van der Waals surface area contributed by atoms with E-state index in [-0.39, 0.29) is 0 Å². The summed E-state index contributed by atoms with van der Waals surface area (Å²) < 4.78 is 0. The molecule has 0 radical (unpaired) electrons. The van der Waals surface area contributed by atoms with Crippen molar-refractivity contribution in [2.75, 3.05) is 5.32 Å². The standard InChI is InChI=1S/C16H17ClN2O/c1-10-4-3-5-11(2)13(10)9-19-15-8-12(16(18)20)6-7-14(15)17/h3-8,19H,9H2,1-2H3,(H2,18,20). The van der Waals surface area contributed by atoms with E-state index in [1.165, 1.54) is 16.7 Å². The molecule has 0 bridgehead atoms. The molecule has 0 saturated carbocycles. The number of aryl methyl sites for hydroxylation is 2.